The van der Waals surface area contributed by atoms with Gasteiger partial charge in [-0.2, -0.15) is 0 Å². The maximum atomic E-state index is 12.2. The predicted molar refractivity (Wildman–Crippen MR) is 82.2 cm³/mol. The predicted octanol–water partition coefficient (Wildman–Crippen LogP) is 1.82. The highest BCUT2D eigenvalue weighted by Crippen LogP contribution is 2.20. The van der Waals surface area contributed by atoms with Crippen LogP contribution >= 0.6 is 0 Å². The molecule has 0 unspecified atom stereocenters. The van der Waals surface area contributed by atoms with Gasteiger partial charge in [0, 0.05) is 6.54 Å². The molecule has 0 aromatic heterocycles. The number of nitrogens with one attached hydrogen (secondary N) is 2. The number of fused-ring (bicyclic) bond motifs is 1. The van der Waals surface area contributed by atoms with Gasteiger partial charge in [-0.25, -0.2) is 13.1 Å². The molecule has 0 saturated heterocycles. The third kappa shape index (κ3) is 3.72. The summed E-state index contributed by atoms with van der Waals surface area (Å²) in [5.41, 5.74) is 0.319. The second kappa shape index (κ2) is 7.02. The Labute approximate surface area is 130 Å². The van der Waals surface area contributed by atoms with Crippen LogP contribution in [0, 0.1) is 0 Å². The molecule has 7 heteroatoms. The molecule has 6 nitrogen and oxygen atoms in total. The zero-order chi connectivity index (χ0) is 16.2. The molecule has 0 aliphatic carbocycles. The first kappa shape index (κ1) is 16.6. The topological polar surface area (TPSA) is 92.3 Å². The van der Waals surface area contributed by atoms with Crippen molar-refractivity contribution in [3.8, 4) is 0 Å². The van der Waals surface area contributed by atoms with Crippen LogP contribution in [-0.4, -0.2) is 26.8 Å². The molecular weight excluding hydrogens is 304 g/mol. The summed E-state index contributed by atoms with van der Waals surface area (Å²) < 4.78 is 26.9. The summed E-state index contributed by atoms with van der Waals surface area (Å²) in [5, 5.41) is 2.14. The Morgan fingerprint density at radius 2 is 1.68 bits per heavy atom. The molecular formula is C15H20N2O4S. The summed E-state index contributed by atoms with van der Waals surface area (Å²) in [4.78, 5) is 23.0. The van der Waals surface area contributed by atoms with Gasteiger partial charge in [0.2, 0.25) is 10.0 Å². The Morgan fingerprint density at radius 3 is 2.41 bits per heavy atom. The maximum absolute atomic E-state index is 12.2. The first-order valence-electron chi connectivity index (χ1n) is 7.45. The zero-order valence-corrected chi connectivity index (χ0v) is 13.3. The fraction of sp³-hybridized carbons (Fsp3) is 0.467. The number of unbranched alkanes of at least 4 members (excludes halogenated alkanes) is 4. The van der Waals surface area contributed by atoms with Crippen LogP contribution in [0.1, 0.15) is 59.7 Å². The highest BCUT2D eigenvalue weighted by molar-refractivity contribution is 7.89. The van der Waals surface area contributed by atoms with E-state index < -0.39 is 21.8 Å². The van der Waals surface area contributed by atoms with E-state index in [1.165, 1.54) is 18.2 Å². The normalized spacial score (nSPS) is 14.0. The Morgan fingerprint density at radius 1 is 1.00 bits per heavy atom. The smallest absolute Gasteiger partial charge is 0.258 e. The first-order valence-corrected chi connectivity index (χ1v) is 8.93. The Balaban J connectivity index is 2.00. The van der Waals surface area contributed by atoms with E-state index in [1.54, 1.807) is 0 Å². The quantitative estimate of drug-likeness (QED) is 0.563. The number of carbonyl (C=O) groups is 2. The summed E-state index contributed by atoms with van der Waals surface area (Å²) in [7, 11) is -3.66. The van der Waals surface area contributed by atoms with Crippen molar-refractivity contribution in [1.29, 1.82) is 0 Å². The van der Waals surface area contributed by atoms with Crippen molar-refractivity contribution < 1.29 is 18.0 Å². The van der Waals surface area contributed by atoms with E-state index in [9.17, 15) is 18.0 Å². The number of sulfonamides is 1. The van der Waals surface area contributed by atoms with Crippen molar-refractivity contribution in [3.05, 3.63) is 29.3 Å². The van der Waals surface area contributed by atoms with E-state index in [1.807, 2.05) is 0 Å². The largest absolute Gasteiger partial charge is 0.288 e. The molecule has 1 aliphatic heterocycles. The van der Waals surface area contributed by atoms with Gasteiger partial charge >= 0.3 is 0 Å². The number of hydrogen-bond donors (Lipinski definition) is 2. The monoisotopic (exact) mass is 324 g/mol. The Kier molecular flexibility index (Phi) is 5.31. The summed E-state index contributed by atoms with van der Waals surface area (Å²) in [6, 6.07) is 3.96. The van der Waals surface area contributed by atoms with E-state index >= 15 is 0 Å². The molecule has 2 rings (SSSR count). The molecule has 22 heavy (non-hydrogen) atoms. The third-order valence-electron chi connectivity index (χ3n) is 3.59. The van der Waals surface area contributed by atoms with Crippen LogP contribution < -0.4 is 10.0 Å². The number of amides is 2. The average Bonchev–Trinajstić information content (AvgIpc) is 2.77. The van der Waals surface area contributed by atoms with Gasteiger partial charge < -0.3 is 0 Å². The molecule has 120 valence electrons. The summed E-state index contributed by atoms with van der Waals surface area (Å²) in [6.45, 7) is 2.49. The molecule has 1 aromatic carbocycles. The fourth-order valence-electron chi connectivity index (χ4n) is 2.33. The van der Waals surface area contributed by atoms with Crippen molar-refractivity contribution in [3.63, 3.8) is 0 Å². The van der Waals surface area contributed by atoms with Gasteiger partial charge in [-0.15, -0.1) is 0 Å². The summed E-state index contributed by atoms with van der Waals surface area (Å²) in [5.74, 6) is -1.05. The lowest BCUT2D eigenvalue weighted by Crippen LogP contribution is -2.25. The molecule has 0 spiro atoms. The lowest BCUT2D eigenvalue weighted by Gasteiger charge is -2.07. The molecule has 0 bridgehead atoms. The van der Waals surface area contributed by atoms with Gasteiger partial charge in [0.05, 0.1) is 16.0 Å². The molecule has 0 saturated carbocycles. The minimum Gasteiger partial charge on any atom is -0.288 e. The van der Waals surface area contributed by atoms with E-state index in [-0.39, 0.29) is 16.0 Å². The van der Waals surface area contributed by atoms with E-state index in [0.717, 1.165) is 32.1 Å². The van der Waals surface area contributed by atoms with Gasteiger partial charge in [0.15, 0.2) is 0 Å². The van der Waals surface area contributed by atoms with Crippen LogP contribution in [0.3, 0.4) is 0 Å². The standard InChI is InChI=1S/C15H20N2O4S/c1-2-3-4-5-6-9-16-22(20,21)11-7-8-12-13(10-11)15(19)17-14(12)18/h7-8,10,16H,2-6,9H2,1H3,(H,17,18,19). The highest BCUT2D eigenvalue weighted by atomic mass is 32.2. The molecule has 1 heterocycles. The number of carbonyl (C=O) groups excluding carboxylic acids is 2. The zero-order valence-electron chi connectivity index (χ0n) is 12.5. The van der Waals surface area contributed by atoms with Crippen LogP contribution in [0.25, 0.3) is 0 Å². The van der Waals surface area contributed by atoms with Crippen molar-refractivity contribution in [2.75, 3.05) is 6.54 Å². The Hall–Kier alpha value is -1.73. The van der Waals surface area contributed by atoms with Gasteiger partial charge in [-0.05, 0) is 24.6 Å². The SMILES string of the molecule is CCCCCCCNS(=O)(=O)c1ccc2c(c1)C(=O)NC2=O. The van der Waals surface area contributed by atoms with Crippen LogP contribution in [0.2, 0.25) is 0 Å². The lowest BCUT2D eigenvalue weighted by molar-refractivity contribution is 0.0879. The molecule has 0 radical (unpaired) electrons. The van der Waals surface area contributed by atoms with Crippen LogP contribution in [0.15, 0.2) is 23.1 Å². The molecule has 2 N–H and O–H groups in total. The van der Waals surface area contributed by atoms with E-state index in [2.05, 4.69) is 17.0 Å². The van der Waals surface area contributed by atoms with Crippen molar-refractivity contribution >= 4 is 21.8 Å². The molecule has 0 fully saturated rings. The molecule has 1 aliphatic rings. The average molecular weight is 324 g/mol. The van der Waals surface area contributed by atoms with Crippen molar-refractivity contribution in [2.45, 2.75) is 43.9 Å². The van der Waals surface area contributed by atoms with Gasteiger partial charge in [-0.1, -0.05) is 32.6 Å². The second-order valence-electron chi connectivity index (χ2n) is 5.30. The van der Waals surface area contributed by atoms with E-state index in [4.69, 9.17) is 0 Å². The van der Waals surface area contributed by atoms with E-state index in [0.29, 0.717) is 6.54 Å². The van der Waals surface area contributed by atoms with Crippen LogP contribution in [0.5, 0.6) is 0 Å². The van der Waals surface area contributed by atoms with Crippen molar-refractivity contribution in [1.82, 2.24) is 10.0 Å². The maximum Gasteiger partial charge on any atom is 0.258 e. The van der Waals surface area contributed by atoms with Crippen LogP contribution in [0.4, 0.5) is 0 Å². The second-order valence-corrected chi connectivity index (χ2v) is 7.07. The lowest BCUT2D eigenvalue weighted by atomic mass is 10.1. The van der Waals surface area contributed by atoms with Gasteiger partial charge in [0.25, 0.3) is 11.8 Å². The minimum atomic E-state index is -3.66. The first-order chi connectivity index (χ1) is 10.5. The number of imide groups is 1. The summed E-state index contributed by atoms with van der Waals surface area (Å²) >= 11 is 0. The number of benzene rings is 1. The van der Waals surface area contributed by atoms with Gasteiger partial charge in [0.1, 0.15) is 0 Å². The highest BCUT2D eigenvalue weighted by Gasteiger charge is 2.28. The number of hydrogen-bond acceptors (Lipinski definition) is 4. The molecule has 1 aromatic rings. The molecule has 2 amide bonds. The van der Waals surface area contributed by atoms with Gasteiger partial charge in [-0.3, -0.25) is 14.9 Å². The fourth-order valence-corrected chi connectivity index (χ4v) is 3.43. The minimum absolute atomic E-state index is 0.00431. The van der Waals surface area contributed by atoms with Crippen molar-refractivity contribution in [2.24, 2.45) is 0 Å². The van der Waals surface area contributed by atoms with Crippen LogP contribution in [-0.2, 0) is 10.0 Å². The Bertz CT molecular complexity index is 683. The number of rotatable bonds is 8. The third-order valence-corrected chi connectivity index (χ3v) is 5.05. The summed E-state index contributed by atoms with van der Waals surface area (Å²) in [6.07, 6.45) is 5.16. The molecule has 0 atom stereocenters.